The van der Waals surface area contributed by atoms with E-state index in [1.165, 1.54) is 128 Å². The van der Waals surface area contributed by atoms with Crippen molar-refractivity contribution >= 4 is 23.6 Å². The molecule has 0 unspecified atom stereocenters. The third-order valence-electron chi connectivity index (χ3n) is 8.55. The molecule has 0 saturated carbocycles. The van der Waals surface area contributed by atoms with Gasteiger partial charge in [-0.1, -0.05) is 135 Å². The lowest BCUT2D eigenvalue weighted by Crippen LogP contribution is -2.27. The van der Waals surface area contributed by atoms with E-state index in [0.717, 1.165) is 13.1 Å². The van der Waals surface area contributed by atoms with E-state index in [1.807, 2.05) is 0 Å². The molecule has 0 bridgehead atoms. The molecule has 0 aliphatic rings. The molecule has 0 spiro atoms. The number of hydrogen-bond acceptors (Lipinski definition) is 6. The number of hydrogen-bond donors (Lipinski definition) is 2. The Morgan fingerprint density at radius 2 is 0.848 bits per heavy atom. The van der Waals surface area contributed by atoms with Gasteiger partial charge in [0.25, 0.3) is 0 Å². The minimum Gasteiger partial charge on any atom is -0.448 e. The molecule has 0 heterocycles. The highest BCUT2D eigenvalue weighted by molar-refractivity contribution is 5.88. The molecule has 2 amide bonds. The molecule has 46 heavy (non-hydrogen) atoms. The van der Waals surface area contributed by atoms with E-state index in [4.69, 9.17) is 9.47 Å². The third-order valence-corrected chi connectivity index (χ3v) is 8.55. The van der Waals surface area contributed by atoms with Crippen LogP contribution in [0.15, 0.2) is 24.3 Å². The average molecular weight is 647 g/mol. The van der Waals surface area contributed by atoms with E-state index in [-0.39, 0.29) is 0 Å². The summed E-state index contributed by atoms with van der Waals surface area (Å²) in [5.74, 6) is 0. The topological polar surface area (TPSA) is 83.1 Å². The summed E-state index contributed by atoms with van der Waals surface area (Å²) in [4.78, 5) is 29.0. The molecule has 266 valence electrons. The lowest BCUT2D eigenvalue weighted by atomic mass is 10.1. The van der Waals surface area contributed by atoms with Crippen LogP contribution >= 0.6 is 0 Å². The van der Waals surface area contributed by atoms with Crippen LogP contribution in [0, 0.1) is 0 Å². The van der Waals surface area contributed by atoms with E-state index >= 15 is 0 Å². The number of anilines is 2. The molecular formula is C38H70N4O4. The van der Waals surface area contributed by atoms with Gasteiger partial charge in [-0.3, -0.25) is 10.6 Å². The average Bonchev–Trinajstić information content (AvgIpc) is 3.03. The normalized spacial score (nSPS) is 11.3. The lowest BCUT2D eigenvalue weighted by molar-refractivity contribution is 0.145. The van der Waals surface area contributed by atoms with Crippen molar-refractivity contribution < 1.29 is 19.1 Å². The first-order chi connectivity index (χ1) is 22.4. The van der Waals surface area contributed by atoms with Gasteiger partial charge in [0, 0.05) is 24.5 Å². The molecule has 0 aliphatic carbocycles. The van der Waals surface area contributed by atoms with Crippen LogP contribution in [0.25, 0.3) is 0 Å². The highest BCUT2D eigenvalue weighted by atomic mass is 16.6. The number of ether oxygens (including phenoxy) is 2. The minimum atomic E-state index is -0.502. The number of nitrogens with zero attached hydrogens (tertiary/aromatic N) is 2. The predicted molar refractivity (Wildman–Crippen MR) is 195 cm³/mol. The van der Waals surface area contributed by atoms with Gasteiger partial charge < -0.3 is 19.3 Å². The quantitative estimate of drug-likeness (QED) is 0.0809. The summed E-state index contributed by atoms with van der Waals surface area (Å²) in [5, 5.41) is 5.48. The molecule has 0 fully saturated rings. The zero-order valence-electron chi connectivity index (χ0n) is 30.2. The molecule has 1 aromatic rings. The minimum absolute atomic E-state index is 0.331. The van der Waals surface area contributed by atoms with Crippen molar-refractivity contribution in [3.05, 3.63) is 24.3 Å². The summed E-state index contributed by atoms with van der Waals surface area (Å²) < 4.78 is 10.7. The Hall–Kier alpha value is -2.32. The summed E-state index contributed by atoms with van der Waals surface area (Å²) in [6.45, 7) is 8.62. The van der Waals surface area contributed by atoms with E-state index < -0.39 is 12.2 Å². The molecule has 0 saturated heterocycles. The van der Waals surface area contributed by atoms with E-state index in [0.29, 0.717) is 37.7 Å². The van der Waals surface area contributed by atoms with Crippen LogP contribution in [-0.4, -0.2) is 75.5 Å². The van der Waals surface area contributed by atoms with Crippen molar-refractivity contribution in [2.45, 2.75) is 142 Å². The SMILES string of the molecule is CCCCCCCCCCCCN(C)CCOC(=O)Nc1cccc(NC(=O)OCCN(C)CCCCCCCCCCCC)c1. The fourth-order valence-electron chi connectivity index (χ4n) is 5.53. The number of unbranched alkanes of at least 4 members (excludes halogenated alkanes) is 18. The number of amides is 2. The molecule has 8 heteroatoms. The van der Waals surface area contributed by atoms with E-state index in [2.05, 4.69) is 48.4 Å². The standard InChI is InChI=1S/C38H70N4O4/c1-5-7-9-11-13-15-17-19-21-23-28-41(3)30-32-45-37(43)39-35-26-25-27-36(34-35)40-38(44)46-33-31-42(4)29-24-22-20-18-16-14-12-10-8-6-2/h25-27,34H,5-24,28-33H2,1-4H3,(H,39,43)(H,40,44). The Morgan fingerprint density at radius 3 is 1.20 bits per heavy atom. The highest BCUT2D eigenvalue weighted by Gasteiger charge is 2.08. The van der Waals surface area contributed by atoms with Crippen LogP contribution in [0.2, 0.25) is 0 Å². The zero-order chi connectivity index (χ0) is 33.5. The molecule has 1 aromatic carbocycles. The van der Waals surface area contributed by atoms with Crippen molar-refractivity contribution in [2.24, 2.45) is 0 Å². The molecule has 8 nitrogen and oxygen atoms in total. The number of carbonyl (C=O) groups is 2. The second-order valence-electron chi connectivity index (χ2n) is 13.1. The monoisotopic (exact) mass is 647 g/mol. The van der Waals surface area contributed by atoms with Gasteiger partial charge in [0.05, 0.1) is 0 Å². The summed E-state index contributed by atoms with van der Waals surface area (Å²) in [7, 11) is 4.14. The van der Waals surface area contributed by atoms with Gasteiger partial charge in [0.15, 0.2) is 0 Å². The van der Waals surface area contributed by atoms with Gasteiger partial charge in [-0.25, -0.2) is 9.59 Å². The highest BCUT2D eigenvalue weighted by Crippen LogP contribution is 2.16. The van der Waals surface area contributed by atoms with Crippen molar-refractivity contribution in [2.75, 3.05) is 64.1 Å². The Labute approximate surface area is 282 Å². The molecule has 0 aliphatic heterocycles. The Kier molecular flexibility index (Phi) is 27.2. The van der Waals surface area contributed by atoms with Crippen molar-refractivity contribution in [1.82, 2.24) is 9.80 Å². The van der Waals surface area contributed by atoms with Crippen LogP contribution in [0.5, 0.6) is 0 Å². The fraction of sp³-hybridized carbons (Fsp3) is 0.789. The van der Waals surface area contributed by atoms with E-state index in [9.17, 15) is 9.59 Å². The Bertz CT molecular complexity index is 804. The third kappa shape index (κ3) is 25.8. The second-order valence-corrected chi connectivity index (χ2v) is 13.1. The van der Waals surface area contributed by atoms with Crippen LogP contribution in [0.1, 0.15) is 142 Å². The van der Waals surface area contributed by atoms with Gasteiger partial charge >= 0.3 is 12.2 Å². The number of carbonyl (C=O) groups excluding carboxylic acids is 2. The van der Waals surface area contributed by atoms with Gasteiger partial charge in [0.2, 0.25) is 0 Å². The van der Waals surface area contributed by atoms with Gasteiger partial charge in [-0.15, -0.1) is 0 Å². The van der Waals surface area contributed by atoms with Gasteiger partial charge in [0.1, 0.15) is 13.2 Å². The number of nitrogens with one attached hydrogen (secondary N) is 2. The van der Waals surface area contributed by atoms with Crippen LogP contribution in [0.4, 0.5) is 21.0 Å². The molecule has 0 atom stereocenters. The number of likely N-dealkylation sites (N-methyl/N-ethyl adjacent to an activating group) is 2. The molecule has 2 N–H and O–H groups in total. The number of rotatable bonds is 30. The van der Waals surface area contributed by atoms with Gasteiger partial charge in [-0.05, 0) is 58.2 Å². The predicted octanol–water partition coefficient (Wildman–Crippen LogP) is 10.5. The summed E-state index contributed by atoms with van der Waals surface area (Å²) in [6.07, 6.45) is 25.6. The van der Waals surface area contributed by atoms with Crippen molar-refractivity contribution in [1.29, 1.82) is 0 Å². The first-order valence-corrected chi connectivity index (χ1v) is 18.8. The zero-order valence-corrected chi connectivity index (χ0v) is 30.2. The number of benzene rings is 1. The molecule has 1 rings (SSSR count). The van der Waals surface area contributed by atoms with Crippen molar-refractivity contribution in [3.8, 4) is 0 Å². The van der Waals surface area contributed by atoms with Crippen LogP contribution in [-0.2, 0) is 9.47 Å². The summed E-state index contributed by atoms with van der Waals surface area (Å²) in [5.41, 5.74) is 1.11. The maximum Gasteiger partial charge on any atom is 0.411 e. The van der Waals surface area contributed by atoms with Gasteiger partial charge in [-0.2, -0.15) is 0 Å². The Morgan fingerprint density at radius 1 is 0.522 bits per heavy atom. The fourth-order valence-corrected chi connectivity index (χ4v) is 5.53. The maximum absolute atomic E-state index is 12.3. The lowest BCUT2D eigenvalue weighted by Gasteiger charge is -2.17. The molecular weight excluding hydrogens is 576 g/mol. The molecule has 0 radical (unpaired) electrons. The first-order valence-electron chi connectivity index (χ1n) is 18.8. The van der Waals surface area contributed by atoms with Crippen molar-refractivity contribution in [3.63, 3.8) is 0 Å². The van der Waals surface area contributed by atoms with Crippen LogP contribution in [0.3, 0.4) is 0 Å². The smallest absolute Gasteiger partial charge is 0.411 e. The second kappa shape index (κ2) is 30.0. The van der Waals surface area contributed by atoms with Crippen LogP contribution < -0.4 is 10.6 Å². The molecule has 0 aromatic heterocycles. The maximum atomic E-state index is 12.3. The summed E-state index contributed by atoms with van der Waals surface area (Å²) in [6, 6.07) is 6.98. The van der Waals surface area contributed by atoms with E-state index in [1.54, 1.807) is 24.3 Å². The summed E-state index contributed by atoms with van der Waals surface area (Å²) >= 11 is 0. The largest absolute Gasteiger partial charge is 0.448 e. The first kappa shape index (κ1) is 41.7. The Balaban J connectivity index is 2.08.